The summed E-state index contributed by atoms with van der Waals surface area (Å²) in [7, 11) is 0. The lowest BCUT2D eigenvalue weighted by Gasteiger charge is -2.16. The quantitative estimate of drug-likeness (QED) is 0.613. The predicted molar refractivity (Wildman–Crippen MR) is 56.0 cm³/mol. The van der Waals surface area contributed by atoms with Crippen molar-refractivity contribution in [2.45, 2.75) is 18.8 Å². The van der Waals surface area contributed by atoms with Crippen molar-refractivity contribution in [1.29, 1.82) is 0 Å². The maximum atomic E-state index is 10.5. The summed E-state index contributed by atoms with van der Waals surface area (Å²) < 4.78 is 0. The van der Waals surface area contributed by atoms with Crippen molar-refractivity contribution in [3.63, 3.8) is 0 Å². The third kappa shape index (κ3) is 2.70. The molecule has 16 heavy (non-hydrogen) atoms. The highest BCUT2D eigenvalue weighted by Gasteiger charge is 2.26. The topological polar surface area (TPSA) is 98.0 Å². The molecule has 0 saturated carbocycles. The molecule has 1 aromatic carbocycles. The number of benzene rings is 1. The second-order valence-corrected chi connectivity index (χ2v) is 3.65. The summed E-state index contributed by atoms with van der Waals surface area (Å²) in [5, 5.41) is 36.3. The molecule has 0 radical (unpaired) electrons. The van der Waals surface area contributed by atoms with Gasteiger partial charge >= 0.3 is 5.97 Å². The monoisotopic (exact) mass is 246 g/mol. The zero-order valence-corrected chi connectivity index (χ0v) is 8.92. The van der Waals surface area contributed by atoms with Crippen LogP contribution >= 0.6 is 11.6 Å². The van der Waals surface area contributed by atoms with Crippen molar-refractivity contribution in [3.05, 3.63) is 34.3 Å². The number of aliphatic hydroxyl groups excluding tert-OH is 3. The van der Waals surface area contributed by atoms with Gasteiger partial charge < -0.3 is 20.4 Å². The minimum atomic E-state index is -1.95. The zero-order chi connectivity index (χ0) is 12.3. The van der Waals surface area contributed by atoms with Crippen LogP contribution in [0.25, 0.3) is 0 Å². The first-order valence-electron chi connectivity index (χ1n) is 4.45. The average molecular weight is 247 g/mol. The van der Waals surface area contributed by atoms with Gasteiger partial charge in [0.1, 0.15) is 6.10 Å². The van der Waals surface area contributed by atoms with Crippen LogP contribution in [0.2, 0.25) is 5.02 Å². The lowest BCUT2D eigenvalue weighted by Crippen LogP contribution is -2.27. The van der Waals surface area contributed by atoms with Gasteiger partial charge in [-0.1, -0.05) is 17.7 Å². The van der Waals surface area contributed by atoms with Crippen LogP contribution in [-0.2, 0) is 11.4 Å². The van der Waals surface area contributed by atoms with Crippen LogP contribution in [0.15, 0.2) is 18.2 Å². The normalized spacial score (nSPS) is 14.5. The first-order valence-corrected chi connectivity index (χ1v) is 4.83. The number of hydrogen-bond acceptors (Lipinski definition) is 4. The molecule has 0 aromatic heterocycles. The van der Waals surface area contributed by atoms with E-state index in [0.29, 0.717) is 5.56 Å². The van der Waals surface area contributed by atoms with Crippen LogP contribution in [0, 0.1) is 0 Å². The van der Waals surface area contributed by atoms with Crippen LogP contribution < -0.4 is 0 Å². The van der Waals surface area contributed by atoms with Gasteiger partial charge in [0.25, 0.3) is 0 Å². The SMILES string of the molecule is O=C(O)C(O)C(O)c1cc(CO)ccc1Cl. The Bertz CT molecular complexity index is 393. The van der Waals surface area contributed by atoms with E-state index < -0.39 is 18.2 Å². The van der Waals surface area contributed by atoms with E-state index in [0.717, 1.165) is 0 Å². The maximum absolute atomic E-state index is 10.5. The molecule has 0 amide bonds. The summed E-state index contributed by atoms with van der Waals surface area (Å²) in [5.74, 6) is -1.54. The van der Waals surface area contributed by atoms with Crippen LogP contribution in [-0.4, -0.2) is 32.5 Å². The van der Waals surface area contributed by atoms with E-state index in [9.17, 15) is 9.90 Å². The number of aliphatic hydroxyl groups is 3. The lowest BCUT2D eigenvalue weighted by atomic mass is 10.0. The highest BCUT2D eigenvalue weighted by Crippen LogP contribution is 2.26. The molecular formula is C10H11ClO5. The molecule has 0 aliphatic rings. The molecule has 1 rings (SSSR count). The average Bonchev–Trinajstić information content (AvgIpc) is 2.27. The Morgan fingerprint density at radius 3 is 2.50 bits per heavy atom. The largest absolute Gasteiger partial charge is 0.479 e. The third-order valence-electron chi connectivity index (χ3n) is 2.11. The van der Waals surface area contributed by atoms with Crippen molar-refractivity contribution < 1.29 is 25.2 Å². The van der Waals surface area contributed by atoms with Gasteiger partial charge in [-0.2, -0.15) is 0 Å². The van der Waals surface area contributed by atoms with Crippen LogP contribution in [0.4, 0.5) is 0 Å². The third-order valence-corrected chi connectivity index (χ3v) is 2.46. The standard InChI is InChI=1S/C10H11ClO5/c11-7-2-1-5(4-12)3-6(7)8(13)9(14)10(15)16/h1-3,8-9,12-14H,4H2,(H,15,16). The summed E-state index contributed by atoms with van der Waals surface area (Å²) in [5.41, 5.74) is 0.541. The minimum absolute atomic E-state index is 0.0723. The van der Waals surface area contributed by atoms with Crippen molar-refractivity contribution in [1.82, 2.24) is 0 Å². The Morgan fingerprint density at radius 2 is 2.00 bits per heavy atom. The Morgan fingerprint density at radius 1 is 1.38 bits per heavy atom. The van der Waals surface area contributed by atoms with E-state index in [4.69, 9.17) is 26.9 Å². The molecule has 0 bridgehead atoms. The van der Waals surface area contributed by atoms with Crippen LogP contribution in [0.3, 0.4) is 0 Å². The lowest BCUT2D eigenvalue weighted by molar-refractivity contribution is -0.153. The van der Waals surface area contributed by atoms with Gasteiger partial charge in [-0.15, -0.1) is 0 Å². The van der Waals surface area contributed by atoms with E-state index in [1.807, 2.05) is 0 Å². The molecule has 4 N–H and O–H groups in total. The second-order valence-electron chi connectivity index (χ2n) is 3.24. The molecule has 0 spiro atoms. The first kappa shape index (κ1) is 12.9. The summed E-state index contributed by atoms with van der Waals surface area (Å²) in [6.07, 6.45) is -3.58. The van der Waals surface area contributed by atoms with Gasteiger partial charge in [-0.05, 0) is 17.7 Å². The molecule has 2 unspecified atom stereocenters. The molecule has 0 fully saturated rings. The fourth-order valence-corrected chi connectivity index (χ4v) is 1.45. The minimum Gasteiger partial charge on any atom is -0.479 e. The molecule has 5 nitrogen and oxygen atoms in total. The van der Waals surface area contributed by atoms with Crippen LogP contribution in [0.1, 0.15) is 17.2 Å². The number of halogens is 1. The molecule has 0 aliphatic heterocycles. The molecule has 0 heterocycles. The van der Waals surface area contributed by atoms with Gasteiger partial charge in [-0.25, -0.2) is 4.79 Å². The number of carboxylic acids is 1. The molecule has 2 atom stereocenters. The fourth-order valence-electron chi connectivity index (χ4n) is 1.22. The van der Waals surface area contributed by atoms with E-state index in [1.165, 1.54) is 18.2 Å². The summed E-state index contributed by atoms with van der Waals surface area (Å²) in [4.78, 5) is 10.5. The summed E-state index contributed by atoms with van der Waals surface area (Å²) >= 11 is 5.75. The molecule has 1 aromatic rings. The van der Waals surface area contributed by atoms with Crippen LogP contribution in [0.5, 0.6) is 0 Å². The van der Waals surface area contributed by atoms with Gasteiger partial charge in [0.2, 0.25) is 0 Å². The molecule has 0 saturated heterocycles. The Kier molecular flexibility index (Phi) is 4.26. The zero-order valence-electron chi connectivity index (χ0n) is 8.17. The molecular weight excluding hydrogens is 236 g/mol. The maximum Gasteiger partial charge on any atom is 0.335 e. The van der Waals surface area contributed by atoms with E-state index >= 15 is 0 Å². The predicted octanol–water partition coefficient (Wildman–Crippen LogP) is 0.311. The number of hydrogen-bond donors (Lipinski definition) is 4. The number of rotatable bonds is 4. The highest BCUT2D eigenvalue weighted by molar-refractivity contribution is 6.31. The smallest absolute Gasteiger partial charge is 0.335 e. The number of carbonyl (C=O) groups is 1. The molecule has 6 heteroatoms. The summed E-state index contributed by atoms with van der Waals surface area (Å²) in [6, 6.07) is 4.30. The van der Waals surface area contributed by atoms with Gasteiger partial charge in [-0.3, -0.25) is 0 Å². The first-order chi connectivity index (χ1) is 7.47. The van der Waals surface area contributed by atoms with E-state index in [-0.39, 0.29) is 17.2 Å². The van der Waals surface area contributed by atoms with Gasteiger partial charge in [0.15, 0.2) is 6.10 Å². The fraction of sp³-hybridized carbons (Fsp3) is 0.300. The molecule has 88 valence electrons. The van der Waals surface area contributed by atoms with E-state index in [1.54, 1.807) is 0 Å². The summed E-state index contributed by atoms with van der Waals surface area (Å²) in [6.45, 7) is -0.264. The van der Waals surface area contributed by atoms with E-state index in [2.05, 4.69) is 0 Å². The van der Waals surface area contributed by atoms with Crippen molar-refractivity contribution in [2.24, 2.45) is 0 Å². The highest BCUT2D eigenvalue weighted by atomic mass is 35.5. The van der Waals surface area contributed by atoms with Gasteiger partial charge in [0, 0.05) is 10.6 Å². The Labute approximate surface area is 96.5 Å². The van der Waals surface area contributed by atoms with Crippen molar-refractivity contribution in [3.8, 4) is 0 Å². The number of aliphatic carboxylic acids is 1. The number of carboxylic acid groups (broad SMARTS) is 1. The van der Waals surface area contributed by atoms with Gasteiger partial charge in [0.05, 0.1) is 6.61 Å². The van der Waals surface area contributed by atoms with Crippen molar-refractivity contribution in [2.75, 3.05) is 0 Å². The second kappa shape index (κ2) is 5.27. The van der Waals surface area contributed by atoms with Crippen molar-refractivity contribution >= 4 is 17.6 Å². The Balaban J connectivity index is 3.06. The molecule has 0 aliphatic carbocycles. The Hall–Kier alpha value is -1.14.